The van der Waals surface area contributed by atoms with E-state index in [1.807, 2.05) is 25.1 Å². The number of sulfonamides is 1. The van der Waals surface area contributed by atoms with Crippen LogP contribution in [0.2, 0.25) is 0 Å². The summed E-state index contributed by atoms with van der Waals surface area (Å²) in [5, 5.41) is 0. The van der Waals surface area contributed by atoms with E-state index >= 15 is 0 Å². The van der Waals surface area contributed by atoms with Crippen LogP contribution in [0.4, 0.5) is 0 Å². The molecule has 1 aromatic heterocycles. The molecule has 0 spiro atoms. The highest BCUT2D eigenvalue weighted by Gasteiger charge is 2.30. The van der Waals surface area contributed by atoms with Gasteiger partial charge in [-0.15, -0.1) is 0 Å². The summed E-state index contributed by atoms with van der Waals surface area (Å²) in [6.45, 7) is 3.14. The van der Waals surface area contributed by atoms with Crippen molar-refractivity contribution in [3.05, 3.63) is 30.1 Å². The standard InChI is InChI=1S/C14H22N2O4S/c1-2-9-21(17,18)16-13-11-19-8-6-14(13)20-10-12-5-3-4-7-15-12/h3-5,7,13-14,16H,2,6,8-11H2,1H3/t13-,14-/m1/s1. The van der Waals surface area contributed by atoms with E-state index in [9.17, 15) is 8.42 Å². The second-order valence-electron chi connectivity index (χ2n) is 5.08. The molecule has 0 saturated carbocycles. The van der Waals surface area contributed by atoms with Crippen molar-refractivity contribution >= 4 is 10.0 Å². The van der Waals surface area contributed by atoms with Gasteiger partial charge in [0, 0.05) is 12.8 Å². The van der Waals surface area contributed by atoms with Gasteiger partial charge in [-0.25, -0.2) is 13.1 Å². The number of hydrogen-bond acceptors (Lipinski definition) is 5. The Kier molecular flexibility index (Phi) is 6.10. The minimum absolute atomic E-state index is 0.121. The molecule has 6 nitrogen and oxygen atoms in total. The van der Waals surface area contributed by atoms with Crippen molar-refractivity contribution in [2.45, 2.75) is 38.5 Å². The first-order chi connectivity index (χ1) is 10.1. The fraction of sp³-hybridized carbons (Fsp3) is 0.643. The van der Waals surface area contributed by atoms with Crippen LogP contribution in [0.1, 0.15) is 25.5 Å². The van der Waals surface area contributed by atoms with Crippen LogP contribution in [0, 0.1) is 0 Å². The second-order valence-corrected chi connectivity index (χ2v) is 6.95. The van der Waals surface area contributed by atoms with E-state index in [2.05, 4.69) is 9.71 Å². The van der Waals surface area contributed by atoms with E-state index in [-0.39, 0.29) is 17.9 Å². The largest absolute Gasteiger partial charge is 0.380 e. The van der Waals surface area contributed by atoms with Crippen molar-refractivity contribution in [3.63, 3.8) is 0 Å². The Morgan fingerprint density at radius 3 is 3.05 bits per heavy atom. The summed E-state index contributed by atoms with van der Waals surface area (Å²) >= 11 is 0. The molecule has 118 valence electrons. The molecule has 0 bridgehead atoms. The summed E-state index contributed by atoms with van der Waals surface area (Å²) in [6, 6.07) is 5.30. The molecule has 0 aromatic carbocycles. The van der Waals surface area contributed by atoms with Gasteiger partial charge in [0.2, 0.25) is 10.0 Å². The number of pyridine rings is 1. The maximum Gasteiger partial charge on any atom is 0.212 e. The maximum absolute atomic E-state index is 11.9. The van der Waals surface area contributed by atoms with Crippen molar-refractivity contribution < 1.29 is 17.9 Å². The number of rotatable bonds is 7. The first kappa shape index (κ1) is 16.4. The molecule has 21 heavy (non-hydrogen) atoms. The lowest BCUT2D eigenvalue weighted by molar-refractivity contribution is -0.0579. The SMILES string of the molecule is CCCS(=O)(=O)N[C@@H]1COCC[C@H]1OCc1ccccn1. The van der Waals surface area contributed by atoms with Crippen LogP contribution in [0.25, 0.3) is 0 Å². The molecule has 1 saturated heterocycles. The summed E-state index contributed by atoms with van der Waals surface area (Å²) in [4.78, 5) is 4.20. The molecule has 1 aliphatic heterocycles. The normalized spacial score (nSPS) is 23.1. The van der Waals surface area contributed by atoms with Crippen molar-refractivity contribution in [3.8, 4) is 0 Å². The van der Waals surface area contributed by atoms with Crippen LogP contribution in [0.15, 0.2) is 24.4 Å². The van der Waals surface area contributed by atoms with Crippen molar-refractivity contribution in [2.75, 3.05) is 19.0 Å². The molecule has 7 heteroatoms. The van der Waals surface area contributed by atoms with Gasteiger partial charge in [-0.3, -0.25) is 4.98 Å². The highest BCUT2D eigenvalue weighted by atomic mass is 32.2. The summed E-state index contributed by atoms with van der Waals surface area (Å²) in [5.74, 6) is 0.121. The molecule has 2 heterocycles. The van der Waals surface area contributed by atoms with Gasteiger partial charge in [0.25, 0.3) is 0 Å². The molecule has 0 radical (unpaired) electrons. The molecule has 2 rings (SSSR count). The summed E-state index contributed by atoms with van der Waals surface area (Å²) in [7, 11) is -3.27. The van der Waals surface area contributed by atoms with Crippen LogP contribution in [0.5, 0.6) is 0 Å². The predicted molar refractivity (Wildman–Crippen MR) is 79.3 cm³/mol. The fourth-order valence-corrected chi connectivity index (χ4v) is 3.60. The Morgan fingerprint density at radius 1 is 1.48 bits per heavy atom. The van der Waals surface area contributed by atoms with Gasteiger partial charge >= 0.3 is 0 Å². The van der Waals surface area contributed by atoms with E-state index < -0.39 is 10.0 Å². The van der Waals surface area contributed by atoms with Crippen molar-refractivity contribution in [2.24, 2.45) is 0 Å². The van der Waals surface area contributed by atoms with Gasteiger partial charge in [-0.1, -0.05) is 13.0 Å². The predicted octanol–water partition coefficient (Wildman–Crippen LogP) is 1.09. The number of ether oxygens (including phenoxy) is 2. The Bertz CT molecular complexity index is 521. The number of nitrogens with zero attached hydrogens (tertiary/aromatic N) is 1. The van der Waals surface area contributed by atoms with E-state index in [0.717, 1.165) is 5.69 Å². The van der Waals surface area contributed by atoms with Crippen LogP contribution in [0.3, 0.4) is 0 Å². The smallest absolute Gasteiger partial charge is 0.212 e. The molecule has 1 aliphatic rings. The van der Waals surface area contributed by atoms with Gasteiger partial charge < -0.3 is 9.47 Å². The Labute approximate surface area is 125 Å². The molecule has 1 fully saturated rings. The van der Waals surface area contributed by atoms with Gasteiger partial charge in [-0.05, 0) is 25.0 Å². The van der Waals surface area contributed by atoms with Gasteiger partial charge in [0.05, 0.1) is 36.8 Å². The van der Waals surface area contributed by atoms with E-state index in [4.69, 9.17) is 9.47 Å². The van der Waals surface area contributed by atoms with Crippen LogP contribution in [-0.2, 0) is 26.1 Å². The monoisotopic (exact) mass is 314 g/mol. The van der Waals surface area contributed by atoms with Gasteiger partial charge in [-0.2, -0.15) is 0 Å². The minimum Gasteiger partial charge on any atom is -0.380 e. The zero-order chi connectivity index (χ0) is 15.1. The van der Waals surface area contributed by atoms with E-state index in [1.165, 1.54) is 0 Å². The molecule has 1 N–H and O–H groups in total. The van der Waals surface area contributed by atoms with E-state index in [1.54, 1.807) is 6.20 Å². The lowest BCUT2D eigenvalue weighted by atomic mass is 10.1. The van der Waals surface area contributed by atoms with Crippen LogP contribution < -0.4 is 4.72 Å². The number of aromatic nitrogens is 1. The Morgan fingerprint density at radius 2 is 2.33 bits per heavy atom. The molecule has 1 aromatic rings. The Balaban J connectivity index is 1.92. The van der Waals surface area contributed by atoms with E-state index in [0.29, 0.717) is 32.7 Å². The third-order valence-corrected chi connectivity index (χ3v) is 4.88. The molecule has 2 atom stereocenters. The van der Waals surface area contributed by atoms with Crippen LogP contribution >= 0.6 is 0 Å². The number of hydrogen-bond donors (Lipinski definition) is 1. The molecule has 0 unspecified atom stereocenters. The molecule has 0 amide bonds. The average molecular weight is 314 g/mol. The molecular weight excluding hydrogens is 292 g/mol. The summed E-state index contributed by atoms with van der Waals surface area (Å²) in [5.41, 5.74) is 0.833. The van der Waals surface area contributed by atoms with Gasteiger partial charge in [0.15, 0.2) is 0 Å². The summed E-state index contributed by atoms with van der Waals surface area (Å²) < 4.78 is 37.7. The summed E-state index contributed by atoms with van der Waals surface area (Å²) in [6.07, 6.45) is 2.78. The lowest BCUT2D eigenvalue weighted by Crippen LogP contribution is -2.50. The van der Waals surface area contributed by atoms with Crippen molar-refractivity contribution in [1.29, 1.82) is 0 Å². The first-order valence-electron chi connectivity index (χ1n) is 7.20. The molecule has 0 aliphatic carbocycles. The third-order valence-electron chi connectivity index (χ3n) is 3.27. The first-order valence-corrected chi connectivity index (χ1v) is 8.85. The topological polar surface area (TPSA) is 77.5 Å². The third kappa shape index (κ3) is 5.35. The van der Waals surface area contributed by atoms with Crippen molar-refractivity contribution in [1.82, 2.24) is 9.71 Å². The minimum atomic E-state index is -3.27. The second kappa shape index (κ2) is 7.84. The molecular formula is C14H22N2O4S. The van der Waals surface area contributed by atoms with Crippen LogP contribution in [-0.4, -0.2) is 44.5 Å². The number of nitrogens with one attached hydrogen (secondary N) is 1. The lowest BCUT2D eigenvalue weighted by Gasteiger charge is -2.31. The fourth-order valence-electron chi connectivity index (χ4n) is 2.26. The highest BCUT2D eigenvalue weighted by Crippen LogP contribution is 2.15. The highest BCUT2D eigenvalue weighted by molar-refractivity contribution is 7.89. The zero-order valence-electron chi connectivity index (χ0n) is 12.2. The quantitative estimate of drug-likeness (QED) is 0.815. The average Bonchev–Trinajstić information content (AvgIpc) is 2.47. The zero-order valence-corrected chi connectivity index (χ0v) is 13.0. The maximum atomic E-state index is 11.9. The Hall–Kier alpha value is -1.02. The van der Waals surface area contributed by atoms with Gasteiger partial charge in [0.1, 0.15) is 0 Å².